The van der Waals surface area contributed by atoms with Gasteiger partial charge in [0.1, 0.15) is 5.54 Å². The second-order valence-electron chi connectivity index (χ2n) is 4.12. The quantitative estimate of drug-likeness (QED) is 0.797. The summed E-state index contributed by atoms with van der Waals surface area (Å²) >= 11 is 0. The average Bonchev–Trinajstić information content (AvgIpc) is 2.29. The van der Waals surface area contributed by atoms with Crippen LogP contribution >= 0.6 is 0 Å². The molecule has 2 atom stereocenters. The third kappa shape index (κ3) is 2.58. The lowest BCUT2D eigenvalue weighted by Gasteiger charge is -2.30. The van der Waals surface area contributed by atoms with Gasteiger partial charge in [0.25, 0.3) is 0 Å². The highest BCUT2D eigenvalue weighted by Crippen LogP contribution is 2.21. The molecule has 2 unspecified atom stereocenters. The van der Waals surface area contributed by atoms with Gasteiger partial charge in [-0.1, -0.05) is 6.92 Å². The molecule has 0 saturated carbocycles. The van der Waals surface area contributed by atoms with Crippen molar-refractivity contribution in [2.45, 2.75) is 38.8 Å². The van der Waals surface area contributed by atoms with Gasteiger partial charge >= 0.3 is 5.97 Å². The maximum atomic E-state index is 11.4. The van der Waals surface area contributed by atoms with E-state index in [-0.39, 0.29) is 6.04 Å². The van der Waals surface area contributed by atoms with Gasteiger partial charge in [-0.2, -0.15) is 0 Å². The molecular formula is C12H18N2O2. The highest BCUT2D eigenvalue weighted by atomic mass is 16.4. The second kappa shape index (κ2) is 5.07. The number of hydrogen-bond donors (Lipinski definition) is 2. The minimum Gasteiger partial charge on any atom is -0.480 e. The standard InChI is InChI=1S/C12H18N2O2/c1-4-9(2)14-12(3,11(15)16)10-5-7-13-8-6-10/h5-9,14H,4H2,1-3H3,(H,15,16). The molecule has 4 heteroatoms. The molecule has 0 spiro atoms. The lowest BCUT2D eigenvalue weighted by Crippen LogP contribution is -2.50. The van der Waals surface area contributed by atoms with Gasteiger partial charge in [0, 0.05) is 18.4 Å². The summed E-state index contributed by atoms with van der Waals surface area (Å²) in [4.78, 5) is 15.3. The minimum atomic E-state index is -1.06. The fourth-order valence-corrected chi connectivity index (χ4v) is 1.55. The van der Waals surface area contributed by atoms with Crippen LogP contribution in [0.3, 0.4) is 0 Å². The molecule has 0 amide bonds. The van der Waals surface area contributed by atoms with Crippen LogP contribution in [0.4, 0.5) is 0 Å². The summed E-state index contributed by atoms with van der Waals surface area (Å²) in [6, 6.07) is 3.60. The van der Waals surface area contributed by atoms with E-state index in [1.165, 1.54) is 0 Å². The van der Waals surface area contributed by atoms with E-state index in [1.807, 2.05) is 13.8 Å². The summed E-state index contributed by atoms with van der Waals surface area (Å²) in [5.74, 6) is -0.876. The van der Waals surface area contributed by atoms with Crippen molar-refractivity contribution in [2.24, 2.45) is 0 Å². The van der Waals surface area contributed by atoms with Gasteiger partial charge < -0.3 is 5.11 Å². The first-order valence-electron chi connectivity index (χ1n) is 5.42. The number of nitrogens with one attached hydrogen (secondary N) is 1. The first-order chi connectivity index (χ1) is 7.50. The zero-order valence-electron chi connectivity index (χ0n) is 9.90. The zero-order chi connectivity index (χ0) is 12.2. The summed E-state index contributed by atoms with van der Waals surface area (Å²) in [5.41, 5.74) is -0.339. The molecule has 0 aliphatic rings. The number of aromatic nitrogens is 1. The van der Waals surface area contributed by atoms with E-state index in [4.69, 9.17) is 0 Å². The lowest BCUT2D eigenvalue weighted by molar-refractivity contribution is -0.145. The molecule has 0 aromatic carbocycles. The zero-order valence-corrected chi connectivity index (χ0v) is 9.90. The van der Waals surface area contributed by atoms with Crippen LogP contribution in [0.1, 0.15) is 32.8 Å². The molecule has 88 valence electrons. The number of aliphatic carboxylic acids is 1. The Bertz CT molecular complexity index is 353. The Hall–Kier alpha value is -1.42. The molecule has 1 rings (SSSR count). The molecule has 0 saturated heterocycles. The third-order valence-corrected chi connectivity index (χ3v) is 2.83. The maximum absolute atomic E-state index is 11.4. The van der Waals surface area contributed by atoms with E-state index in [2.05, 4.69) is 10.3 Å². The highest BCUT2D eigenvalue weighted by molar-refractivity contribution is 5.80. The minimum absolute atomic E-state index is 0.147. The average molecular weight is 222 g/mol. The first-order valence-corrected chi connectivity index (χ1v) is 5.42. The van der Waals surface area contributed by atoms with E-state index < -0.39 is 11.5 Å². The summed E-state index contributed by atoms with van der Waals surface area (Å²) in [6.45, 7) is 5.67. The Morgan fingerprint density at radius 2 is 2.12 bits per heavy atom. The lowest BCUT2D eigenvalue weighted by atomic mass is 9.92. The van der Waals surface area contributed by atoms with Crippen molar-refractivity contribution in [3.8, 4) is 0 Å². The SMILES string of the molecule is CCC(C)NC(C)(C(=O)O)c1ccncc1. The van der Waals surface area contributed by atoms with Crippen molar-refractivity contribution in [1.82, 2.24) is 10.3 Å². The maximum Gasteiger partial charge on any atom is 0.328 e. The summed E-state index contributed by atoms with van der Waals surface area (Å²) in [6.07, 6.45) is 4.09. The first kappa shape index (κ1) is 12.6. The molecule has 0 bridgehead atoms. The third-order valence-electron chi connectivity index (χ3n) is 2.83. The van der Waals surface area contributed by atoms with Gasteiger partial charge in [-0.25, -0.2) is 4.79 Å². The fourth-order valence-electron chi connectivity index (χ4n) is 1.55. The Morgan fingerprint density at radius 3 is 2.56 bits per heavy atom. The highest BCUT2D eigenvalue weighted by Gasteiger charge is 2.35. The Balaban J connectivity index is 3.02. The van der Waals surface area contributed by atoms with E-state index in [0.29, 0.717) is 0 Å². The Morgan fingerprint density at radius 1 is 1.56 bits per heavy atom. The van der Waals surface area contributed by atoms with Crippen molar-refractivity contribution in [2.75, 3.05) is 0 Å². The molecule has 0 aliphatic carbocycles. The number of pyridine rings is 1. The molecule has 16 heavy (non-hydrogen) atoms. The van der Waals surface area contributed by atoms with Crippen LogP contribution in [-0.4, -0.2) is 22.1 Å². The number of nitrogens with zero attached hydrogens (tertiary/aromatic N) is 1. The molecule has 1 aromatic rings. The van der Waals surface area contributed by atoms with Crippen molar-refractivity contribution in [3.63, 3.8) is 0 Å². The van der Waals surface area contributed by atoms with Crippen LogP contribution in [0, 0.1) is 0 Å². The molecule has 2 N–H and O–H groups in total. The second-order valence-corrected chi connectivity index (χ2v) is 4.12. The van der Waals surface area contributed by atoms with Crippen LogP contribution in [-0.2, 0) is 10.3 Å². The topological polar surface area (TPSA) is 62.2 Å². The summed E-state index contributed by atoms with van der Waals surface area (Å²) in [5, 5.41) is 12.5. The van der Waals surface area contributed by atoms with Gasteiger partial charge in [-0.3, -0.25) is 10.3 Å². The van der Waals surface area contributed by atoms with Crippen LogP contribution in [0.15, 0.2) is 24.5 Å². The Labute approximate surface area is 95.7 Å². The number of carboxylic acids is 1. The number of carboxylic acid groups (broad SMARTS) is 1. The molecular weight excluding hydrogens is 204 g/mol. The van der Waals surface area contributed by atoms with E-state index in [9.17, 15) is 9.90 Å². The molecule has 0 fully saturated rings. The van der Waals surface area contributed by atoms with Gasteiger partial charge in [0.15, 0.2) is 0 Å². The van der Waals surface area contributed by atoms with Gasteiger partial charge in [-0.15, -0.1) is 0 Å². The number of carbonyl (C=O) groups is 1. The summed E-state index contributed by atoms with van der Waals surface area (Å²) < 4.78 is 0. The van der Waals surface area contributed by atoms with Crippen molar-refractivity contribution in [1.29, 1.82) is 0 Å². The van der Waals surface area contributed by atoms with Crippen molar-refractivity contribution < 1.29 is 9.90 Å². The van der Waals surface area contributed by atoms with Crippen LogP contribution in [0.25, 0.3) is 0 Å². The normalized spacial score (nSPS) is 16.4. The Kier molecular flexibility index (Phi) is 4.01. The predicted molar refractivity (Wildman–Crippen MR) is 62.1 cm³/mol. The van der Waals surface area contributed by atoms with Crippen LogP contribution in [0.5, 0.6) is 0 Å². The molecule has 1 heterocycles. The molecule has 4 nitrogen and oxygen atoms in total. The van der Waals surface area contributed by atoms with E-state index >= 15 is 0 Å². The monoisotopic (exact) mass is 222 g/mol. The largest absolute Gasteiger partial charge is 0.480 e. The van der Waals surface area contributed by atoms with Crippen molar-refractivity contribution in [3.05, 3.63) is 30.1 Å². The van der Waals surface area contributed by atoms with E-state index in [0.717, 1.165) is 12.0 Å². The van der Waals surface area contributed by atoms with Crippen molar-refractivity contribution >= 4 is 5.97 Å². The van der Waals surface area contributed by atoms with Crippen LogP contribution in [0.2, 0.25) is 0 Å². The molecule has 1 aromatic heterocycles. The van der Waals surface area contributed by atoms with E-state index in [1.54, 1.807) is 31.5 Å². The molecule has 0 radical (unpaired) electrons. The van der Waals surface area contributed by atoms with Gasteiger partial charge in [0.05, 0.1) is 0 Å². The van der Waals surface area contributed by atoms with Crippen LogP contribution < -0.4 is 5.32 Å². The molecule has 0 aliphatic heterocycles. The van der Waals surface area contributed by atoms with Gasteiger partial charge in [-0.05, 0) is 38.0 Å². The fraction of sp³-hybridized carbons (Fsp3) is 0.500. The number of hydrogen-bond acceptors (Lipinski definition) is 3. The smallest absolute Gasteiger partial charge is 0.328 e. The predicted octanol–water partition coefficient (Wildman–Crippen LogP) is 1.77. The summed E-state index contributed by atoms with van der Waals surface area (Å²) in [7, 11) is 0. The van der Waals surface area contributed by atoms with Gasteiger partial charge in [0.2, 0.25) is 0 Å². The number of rotatable bonds is 5.